The highest BCUT2D eigenvalue weighted by molar-refractivity contribution is 5.82. The maximum absolute atomic E-state index is 11.0. The molecule has 0 spiro atoms. The maximum atomic E-state index is 11.0. The molecule has 0 unspecified atom stereocenters. The van der Waals surface area contributed by atoms with E-state index in [-0.39, 0.29) is 5.97 Å². The van der Waals surface area contributed by atoms with Crippen LogP contribution >= 0.6 is 0 Å². The quantitative estimate of drug-likeness (QED) is 0.375. The molecule has 0 amide bonds. The third-order valence-electron chi connectivity index (χ3n) is 1.44. The molecule has 3 heteroatoms. The minimum atomic E-state index is -0.333. The number of hydrogen-bond acceptors (Lipinski definition) is 3. The van der Waals surface area contributed by atoms with Crippen molar-refractivity contribution in [3.8, 4) is 0 Å². The Morgan fingerprint density at radius 2 is 2.08 bits per heavy atom. The van der Waals surface area contributed by atoms with Crippen LogP contribution in [0, 0.1) is 5.92 Å². The van der Waals surface area contributed by atoms with E-state index >= 15 is 0 Å². The molecule has 13 heavy (non-hydrogen) atoms. The van der Waals surface area contributed by atoms with Gasteiger partial charge in [0.15, 0.2) is 0 Å². The lowest BCUT2D eigenvalue weighted by Gasteiger charge is -2.08. The summed E-state index contributed by atoms with van der Waals surface area (Å²) in [6.45, 7) is 6.31. The zero-order valence-electron chi connectivity index (χ0n) is 8.79. The summed E-state index contributed by atoms with van der Waals surface area (Å²) in [5, 5.41) is 0. The first-order valence-corrected chi connectivity index (χ1v) is 4.51. The molecule has 0 bridgehead atoms. The second-order valence-corrected chi connectivity index (χ2v) is 3.16. The summed E-state index contributed by atoms with van der Waals surface area (Å²) in [5.74, 6) is 0.814. The van der Waals surface area contributed by atoms with Crippen LogP contribution in [0.2, 0.25) is 0 Å². The van der Waals surface area contributed by atoms with Gasteiger partial charge in [-0.15, -0.1) is 0 Å². The van der Waals surface area contributed by atoms with Crippen LogP contribution in [0.25, 0.3) is 0 Å². The van der Waals surface area contributed by atoms with Crippen LogP contribution in [-0.4, -0.2) is 19.7 Å². The van der Waals surface area contributed by atoms with Gasteiger partial charge in [0.1, 0.15) is 5.76 Å². The molecule has 0 aliphatic heterocycles. The molecular formula is C10H18O3. The topological polar surface area (TPSA) is 35.5 Å². The predicted molar refractivity (Wildman–Crippen MR) is 51.2 cm³/mol. The van der Waals surface area contributed by atoms with Gasteiger partial charge in [-0.2, -0.15) is 0 Å². The van der Waals surface area contributed by atoms with Crippen LogP contribution in [0.1, 0.15) is 27.2 Å². The Balaban J connectivity index is 4.12. The second-order valence-electron chi connectivity index (χ2n) is 3.16. The number of allylic oxidation sites excluding steroid dienone is 1. The lowest BCUT2D eigenvalue weighted by molar-refractivity contribution is -0.137. The zero-order chi connectivity index (χ0) is 10.3. The number of methoxy groups -OCH3 is 1. The molecule has 0 radical (unpaired) electrons. The van der Waals surface area contributed by atoms with Crippen molar-refractivity contribution in [3.05, 3.63) is 11.8 Å². The van der Waals surface area contributed by atoms with Gasteiger partial charge in [-0.1, -0.05) is 13.8 Å². The number of esters is 1. The van der Waals surface area contributed by atoms with Gasteiger partial charge in [-0.05, 0) is 12.8 Å². The summed E-state index contributed by atoms with van der Waals surface area (Å²) in [7, 11) is 1.56. The van der Waals surface area contributed by atoms with Gasteiger partial charge < -0.3 is 9.47 Å². The van der Waals surface area contributed by atoms with Crippen LogP contribution < -0.4 is 0 Å². The van der Waals surface area contributed by atoms with E-state index in [1.165, 1.54) is 6.08 Å². The average Bonchev–Trinajstić information content (AvgIpc) is 2.02. The van der Waals surface area contributed by atoms with Crippen LogP contribution in [-0.2, 0) is 14.3 Å². The standard InChI is InChI=1S/C10H18O3/c1-5-13-10(11)7-9(12-4)6-8(2)3/h7-8H,5-6H2,1-4H3/b9-7-. The highest BCUT2D eigenvalue weighted by atomic mass is 16.5. The minimum Gasteiger partial charge on any atom is -0.501 e. The first-order chi connectivity index (χ1) is 6.10. The van der Waals surface area contributed by atoms with Gasteiger partial charge in [0.05, 0.1) is 19.8 Å². The molecule has 0 aliphatic rings. The van der Waals surface area contributed by atoms with E-state index in [1.54, 1.807) is 14.0 Å². The van der Waals surface area contributed by atoms with Crippen molar-refractivity contribution in [1.29, 1.82) is 0 Å². The molecule has 0 saturated heterocycles. The van der Waals surface area contributed by atoms with Crippen molar-refractivity contribution in [2.24, 2.45) is 5.92 Å². The average molecular weight is 186 g/mol. The van der Waals surface area contributed by atoms with Gasteiger partial charge in [-0.25, -0.2) is 4.79 Å². The summed E-state index contributed by atoms with van der Waals surface area (Å²) < 4.78 is 9.80. The lowest BCUT2D eigenvalue weighted by Crippen LogP contribution is -2.03. The molecule has 0 saturated carbocycles. The zero-order valence-corrected chi connectivity index (χ0v) is 8.79. The Hall–Kier alpha value is -0.990. The normalized spacial score (nSPS) is 11.6. The number of ether oxygens (including phenoxy) is 2. The Morgan fingerprint density at radius 1 is 1.46 bits per heavy atom. The van der Waals surface area contributed by atoms with Crippen molar-refractivity contribution in [2.45, 2.75) is 27.2 Å². The van der Waals surface area contributed by atoms with E-state index in [0.29, 0.717) is 18.3 Å². The fraction of sp³-hybridized carbons (Fsp3) is 0.700. The second kappa shape index (κ2) is 6.52. The van der Waals surface area contributed by atoms with Crippen molar-refractivity contribution >= 4 is 5.97 Å². The van der Waals surface area contributed by atoms with Crippen LogP contribution in [0.4, 0.5) is 0 Å². The maximum Gasteiger partial charge on any atom is 0.334 e. The van der Waals surface area contributed by atoms with E-state index in [2.05, 4.69) is 13.8 Å². The molecule has 76 valence electrons. The Kier molecular flexibility index (Phi) is 6.02. The molecule has 3 nitrogen and oxygen atoms in total. The minimum absolute atomic E-state index is 0.333. The van der Waals surface area contributed by atoms with E-state index < -0.39 is 0 Å². The van der Waals surface area contributed by atoms with E-state index in [4.69, 9.17) is 9.47 Å². The molecule has 0 aromatic carbocycles. The SMILES string of the molecule is CCOC(=O)/C=C(/CC(C)C)OC. The fourth-order valence-electron chi connectivity index (χ4n) is 0.919. The number of rotatable bonds is 5. The smallest absolute Gasteiger partial charge is 0.334 e. The van der Waals surface area contributed by atoms with Gasteiger partial charge in [0, 0.05) is 6.42 Å². The summed E-state index contributed by atoms with van der Waals surface area (Å²) >= 11 is 0. The molecule has 0 atom stereocenters. The molecule has 0 aromatic rings. The molecule has 0 fully saturated rings. The van der Waals surface area contributed by atoms with Gasteiger partial charge in [-0.3, -0.25) is 0 Å². The summed E-state index contributed by atoms with van der Waals surface area (Å²) in [6.07, 6.45) is 2.17. The van der Waals surface area contributed by atoms with Crippen molar-refractivity contribution in [3.63, 3.8) is 0 Å². The predicted octanol–water partition coefficient (Wildman–Crippen LogP) is 2.13. The van der Waals surface area contributed by atoms with E-state index in [9.17, 15) is 4.79 Å². The number of carbonyl (C=O) groups excluding carboxylic acids is 1. The van der Waals surface area contributed by atoms with Crippen LogP contribution in [0.5, 0.6) is 0 Å². The van der Waals surface area contributed by atoms with Crippen LogP contribution in [0.15, 0.2) is 11.8 Å². The third-order valence-corrected chi connectivity index (χ3v) is 1.44. The summed E-state index contributed by atoms with van der Waals surface area (Å²) in [4.78, 5) is 11.0. The number of hydrogen-bond donors (Lipinski definition) is 0. The van der Waals surface area contributed by atoms with Crippen molar-refractivity contribution in [1.82, 2.24) is 0 Å². The molecule has 0 aliphatic carbocycles. The molecule has 0 rings (SSSR count). The molecule has 0 aromatic heterocycles. The number of carbonyl (C=O) groups is 1. The van der Waals surface area contributed by atoms with Gasteiger partial charge >= 0.3 is 5.97 Å². The van der Waals surface area contributed by atoms with E-state index in [0.717, 1.165) is 6.42 Å². The highest BCUT2D eigenvalue weighted by Gasteiger charge is 2.04. The monoisotopic (exact) mass is 186 g/mol. The summed E-state index contributed by atoms with van der Waals surface area (Å²) in [5.41, 5.74) is 0. The third kappa shape index (κ3) is 6.20. The van der Waals surface area contributed by atoms with E-state index in [1.807, 2.05) is 0 Å². The first-order valence-electron chi connectivity index (χ1n) is 4.51. The Morgan fingerprint density at radius 3 is 2.46 bits per heavy atom. The fourth-order valence-corrected chi connectivity index (χ4v) is 0.919. The Bertz CT molecular complexity index is 183. The molecule has 0 N–H and O–H groups in total. The van der Waals surface area contributed by atoms with Gasteiger partial charge in [0.2, 0.25) is 0 Å². The first kappa shape index (κ1) is 12.0. The lowest BCUT2D eigenvalue weighted by atomic mass is 10.1. The van der Waals surface area contributed by atoms with Crippen molar-refractivity contribution < 1.29 is 14.3 Å². The van der Waals surface area contributed by atoms with Crippen LogP contribution in [0.3, 0.4) is 0 Å². The van der Waals surface area contributed by atoms with Gasteiger partial charge in [0.25, 0.3) is 0 Å². The summed E-state index contributed by atoms with van der Waals surface area (Å²) in [6, 6.07) is 0. The molecular weight excluding hydrogens is 168 g/mol. The largest absolute Gasteiger partial charge is 0.501 e. The molecule has 0 heterocycles. The highest BCUT2D eigenvalue weighted by Crippen LogP contribution is 2.10. The van der Waals surface area contributed by atoms with Crippen molar-refractivity contribution in [2.75, 3.05) is 13.7 Å². The Labute approximate surface area is 79.7 Å².